The van der Waals surface area contributed by atoms with Gasteiger partial charge in [0.05, 0.1) is 19.4 Å². The van der Waals surface area contributed by atoms with Gasteiger partial charge >= 0.3 is 0 Å². The molecule has 23 heavy (non-hydrogen) atoms. The van der Waals surface area contributed by atoms with Crippen molar-refractivity contribution in [3.8, 4) is 11.5 Å². The average Bonchev–Trinajstić information content (AvgIpc) is 3.18. The number of nitrogens with one attached hydrogen (secondary N) is 2. The van der Waals surface area contributed by atoms with Gasteiger partial charge in [-0.3, -0.25) is 5.10 Å². The van der Waals surface area contributed by atoms with Crippen LogP contribution < -0.4 is 14.8 Å². The molecule has 1 aliphatic heterocycles. The fraction of sp³-hybridized carbons (Fsp3) is 0.438. The summed E-state index contributed by atoms with van der Waals surface area (Å²) in [6.45, 7) is 2.72. The Morgan fingerprint density at radius 1 is 1.22 bits per heavy atom. The summed E-state index contributed by atoms with van der Waals surface area (Å²) in [6.07, 6.45) is 1.98. The van der Waals surface area contributed by atoms with Gasteiger partial charge in [0.15, 0.2) is 11.5 Å². The number of H-pyrrole nitrogens is 1. The fourth-order valence-corrected chi connectivity index (χ4v) is 2.63. The van der Waals surface area contributed by atoms with Crippen LogP contribution in [0.4, 0.5) is 0 Å². The molecule has 3 rings (SSSR count). The molecule has 1 atom stereocenters. The summed E-state index contributed by atoms with van der Waals surface area (Å²) in [4.78, 5) is 0. The number of halogens is 2. The number of hydrogen-bond acceptors (Lipinski definition) is 4. The van der Waals surface area contributed by atoms with Crippen molar-refractivity contribution in [2.75, 3.05) is 26.8 Å². The number of rotatable bonds is 6. The maximum absolute atomic E-state index is 5.78. The number of para-hydroxylation sites is 2. The first-order valence-corrected chi connectivity index (χ1v) is 7.37. The van der Waals surface area contributed by atoms with Gasteiger partial charge in [0.1, 0.15) is 0 Å². The van der Waals surface area contributed by atoms with Crippen molar-refractivity contribution >= 4 is 24.8 Å². The van der Waals surface area contributed by atoms with Crippen molar-refractivity contribution in [2.45, 2.75) is 18.8 Å². The average molecular weight is 360 g/mol. The third-order valence-electron chi connectivity index (χ3n) is 3.83. The zero-order valence-corrected chi connectivity index (χ0v) is 14.7. The summed E-state index contributed by atoms with van der Waals surface area (Å²) in [7, 11) is 1.65. The molecule has 1 saturated heterocycles. The molecule has 2 N–H and O–H groups in total. The molecule has 1 aromatic heterocycles. The minimum absolute atomic E-state index is 0. The summed E-state index contributed by atoms with van der Waals surface area (Å²) >= 11 is 0. The quantitative estimate of drug-likeness (QED) is 0.832. The highest BCUT2D eigenvalue weighted by Crippen LogP contribution is 2.26. The first-order chi connectivity index (χ1) is 10.4. The van der Waals surface area contributed by atoms with E-state index in [1.807, 2.05) is 24.3 Å². The predicted molar refractivity (Wildman–Crippen MR) is 95.5 cm³/mol. The van der Waals surface area contributed by atoms with Crippen LogP contribution in [0, 0.1) is 0 Å². The number of benzene rings is 1. The van der Waals surface area contributed by atoms with E-state index in [0.717, 1.165) is 42.4 Å². The molecule has 0 aliphatic carbocycles. The Kier molecular flexibility index (Phi) is 8.23. The van der Waals surface area contributed by atoms with E-state index in [1.165, 1.54) is 6.42 Å². The Hall–Kier alpha value is -1.43. The van der Waals surface area contributed by atoms with Crippen LogP contribution in [0.5, 0.6) is 11.5 Å². The Bertz CT molecular complexity index is 586. The smallest absolute Gasteiger partial charge is 0.161 e. The summed E-state index contributed by atoms with van der Waals surface area (Å²) < 4.78 is 11.0. The van der Waals surface area contributed by atoms with Gasteiger partial charge in [-0.25, -0.2) is 0 Å². The van der Waals surface area contributed by atoms with E-state index in [4.69, 9.17) is 9.47 Å². The van der Waals surface area contributed by atoms with Crippen LogP contribution in [0.2, 0.25) is 0 Å². The number of methoxy groups -OCH3 is 1. The normalized spacial score (nSPS) is 16.3. The van der Waals surface area contributed by atoms with E-state index in [0.29, 0.717) is 12.5 Å². The van der Waals surface area contributed by atoms with Gasteiger partial charge in [-0.05, 0) is 31.2 Å². The van der Waals surface area contributed by atoms with Gasteiger partial charge in [-0.1, -0.05) is 12.1 Å². The van der Waals surface area contributed by atoms with Gasteiger partial charge in [-0.15, -0.1) is 24.8 Å². The van der Waals surface area contributed by atoms with Crippen LogP contribution in [0.15, 0.2) is 30.3 Å². The molecule has 1 aliphatic rings. The largest absolute Gasteiger partial charge is 0.493 e. The van der Waals surface area contributed by atoms with Crippen molar-refractivity contribution in [3.63, 3.8) is 0 Å². The maximum Gasteiger partial charge on any atom is 0.161 e. The molecule has 128 valence electrons. The monoisotopic (exact) mass is 359 g/mol. The summed E-state index contributed by atoms with van der Waals surface area (Å²) in [5.74, 6) is 2.09. The molecule has 2 aromatic rings. The summed E-state index contributed by atoms with van der Waals surface area (Å²) in [5, 5.41) is 10.9. The van der Waals surface area contributed by atoms with Crippen LogP contribution in [0.1, 0.15) is 23.7 Å². The van der Waals surface area contributed by atoms with Crippen LogP contribution in [-0.4, -0.2) is 37.0 Å². The first-order valence-electron chi connectivity index (χ1n) is 7.37. The number of hydrogen-bond donors (Lipinski definition) is 2. The van der Waals surface area contributed by atoms with E-state index in [1.54, 1.807) is 7.11 Å². The molecule has 1 fully saturated rings. The molecule has 5 nitrogen and oxygen atoms in total. The van der Waals surface area contributed by atoms with Crippen molar-refractivity contribution in [2.24, 2.45) is 0 Å². The zero-order valence-electron chi connectivity index (χ0n) is 13.1. The van der Waals surface area contributed by atoms with Crippen LogP contribution in [0.25, 0.3) is 0 Å². The molecular formula is C16H23Cl2N3O2. The minimum atomic E-state index is 0. The molecule has 0 bridgehead atoms. The molecule has 0 spiro atoms. The fourth-order valence-electron chi connectivity index (χ4n) is 2.63. The molecule has 2 heterocycles. The molecule has 7 heteroatoms. The molecule has 0 radical (unpaired) electrons. The Morgan fingerprint density at radius 3 is 2.70 bits per heavy atom. The topological polar surface area (TPSA) is 59.2 Å². The number of nitrogens with zero attached hydrogens (tertiary/aromatic N) is 1. The Labute approximate surface area is 149 Å². The summed E-state index contributed by atoms with van der Waals surface area (Å²) in [6, 6.07) is 9.85. The number of aromatic amines is 1. The lowest BCUT2D eigenvalue weighted by Crippen LogP contribution is -2.08. The Balaban J connectivity index is 0.00000132. The third kappa shape index (κ3) is 5.03. The molecule has 0 saturated carbocycles. The third-order valence-corrected chi connectivity index (χ3v) is 3.83. The van der Waals surface area contributed by atoms with Gasteiger partial charge in [0, 0.05) is 24.6 Å². The van der Waals surface area contributed by atoms with Crippen molar-refractivity contribution < 1.29 is 9.47 Å². The van der Waals surface area contributed by atoms with Crippen molar-refractivity contribution in [3.05, 3.63) is 41.7 Å². The lowest BCUT2D eigenvalue weighted by atomic mass is 10.0. The minimum Gasteiger partial charge on any atom is -0.493 e. The van der Waals surface area contributed by atoms with Crippen LogP contribution in [-0.2, 0) is 6.42 Å². The maximum atomic E-state index is 5.78. The highest BCUT2D eigenvalue weighted by molar-refractivity contribution is 5.85. The molecule has 0 amide bonds. The second kappa shape index (κ2) is 9.65. The number of ether oxygens (including phenoxy) is 2. The van der Waals surface area contributed by atoms with Gasteiger partial charge in [0.25, 0.3) is 0 Å². The standard InChI is InChI=1S/C16H21N3O2.2ClH/c1-20-15-4-2-3-5-16(15)21-9-7-13-10-14(19-18-13)12-6-8-17-11-12;;/h2-5,10,12,17H,6-9,11H2,1H3,(H,18,19);2*1H. The zero-order chi connectivity index (χ0) is 14.5. The van der Waals surface area contributed by atoms with E-state index in [2.05, 4.69) is 21.6 Å². The highest BCUT2D eigenvalue weighted by atomic mass is 35.5. The van der Waals surface area contributed by atoms with Crippen molar-refractivity contribution in [1.29, 1.82) is 0 Å². The van der Waals surface area contributed by atoms with Gasteiger partial charge in [-0.2, -0.15) is 5.10 Å². The second-order valence-corrected chi connectivity index (χ2v) is 5.26. The molecule has 1 aromatic carbocycles. The van der Waals surface area contributed by atoms with E-state index in [9.17, 15) is 0 Å². The second-order valence-electron chi connectivity index (χ2n) is 5.26. The van der Waals surface area contributed by atoms with Crippen LogP contribution >= 0.6 is 24.8 Å². The lowest BCUT2D eigenvalue weighted by Gasteiger charge is -2.09. The van der Waals surface area contributed by atoms with Gasteiger partial charge < -0.3 is 14.8 Å². The predicted octanol–water partition coefficient (Wildman–Crippen LogP) is 2.96. The van der Waals surface area contributed by atoms with E-state index in [-0.39, 0.29) is 24.8 Å². The highest BCUT2D eigenvalue weighted by Gasteiger charge is 2.19. The summed E-state index contributed by atoms with van der Waals surface area (Å²) in [5.41, 5.74) is 2.28. The van der Waals surface area contributed by atoms with Crippen LogP contribution in [0.3, 0.4) is 0 Å². The Morgan fingerprint density at radius 2 is 2.00 bits per heavy atom. The van der Waals surface area contributed by atoms with Crippen molar-refractivity contribution in [1.82, 2.24) is 15.5 Å². The van der Waals surface area contributed by atoms with E-state index >= 15 is 0 Å². The molecular weight excluding hydrogens is 337 g/mol. The number of aromatic nitrogens is 2. The van der Waals surface area contributed by atoms with E-state index < -0.39 is 0 Å². The molecule has 1 unspecified atom stereocenters. The first kappa shape index (κ1) is 19.6. The van der Waals surface area contributed by atoms with Gasteiger partial charge in [0.2, 0.25) is 0 Å². The SMILES string of the molecule is COc1ccccc1OCCc1cc(C2CCNC2)n[nH]1.Cl.Cl. The lowest BCUT2D eigenvalue weighted by molar-refractivity contribution is 0.296.